The molecule has 1 aliphatic rings. The summed E-state index contributed by atoms with van der Waals surface area (Å²) < 4.78 is 0. The number of β-amino-alcohol motifs (C(OH)–C–C–N with tert-alkyl or cyclic N) is 1. The first kappa shape index (κ1) is 10.0. The van der Waals surface area contributed by atoms with E-state index in [-0.39, 0.29) is 0 Å². The first-order valence-electron chi connectivity index (χ1n) is 4.89. The fraction of sp³-hybridized carbons (Fsp3) is 0.455. The Labute approximate surface area is 88.7 Å². The Balaban J connectivity index is 1.88. The van der Waals surface area contributed by atoms with Crippen LogP contribution >= 0.6 is 11.8 Å². The van der Waals surface area contributed by atoms with Crippen molar-refractivity contribution in [1.29, 1.82) is 0 Å². The van der Waals surface area contributed by atoms with Gasteiger partial charge in [-0.05, 0) is 25.1 Å². The number of benzene rings is 1. The molecule has 2 N–H and O–H groups in total. The van der Waals surface area contributed by atoms with Gasteiger partial charge in [0.25, 0.3) is 0 Å². The monoisotopic (exact) mass is 209 g/mol. The first-order valence-corrected chi connectivity index (χ1v) is 5.88. The molecule has 0 bridgehead atoms. The number of hydrogen-bond donors (Lipinski definition) is 2. The van der Waals surface area contributed by atoms with Crippen LogP contribution in [0.1, 0.15) is 6.42 Å². The topological polar surface area (TPSA) is 32.3 Å². The molecule has 1 fully saturated rings. The third-order valence-corrected chi connectivity index (χ3v) is 3.76. The van der Waals surface area contributed by atoms with Crippen LogP contribution in [0.2, 0.25) is 0 Å². The van der Waals surface area contributed by atoms with E-state index in [1.54, 1.807) is 11.8 Å². The summed E-state index contributed by atoms with van der Waals surface area (Å²) in [7, 11) is 0. The second-order valence-electron chi connectivity index (χ2n) is 3.75. The van der Waals surface area contributed by atoms with Crippen molar-refractivity contribution in [2.24, 2.45) is 0 Å². The fourth-order valence-corrected chi connectivity index (χ4v) is 2.62. The Bertz CT molecular complexity index is 283. The Kier molecular flexibility index (Phi) is 3.11. The van der Waals surface area contributed by atoms with Gasteiger partial charge in [0.2, 0.25) is 0 Å². The zero-order valence-corrected chi connectivity index (χ0v) is 8.89. The van der Waals surface area contributed by atoms with Crippen LogP contribution < -0.4 is 5.32 Å². The van der Waals surface area contributed by atoms with Crippen LogP contribution in [-0.4, -0.2) is 29.5 Å². The summed E-state index contributed by atoms with van der Waals surface area (Å²) in [5.41, 5.74) is -0.499. The van der Waals surface area contributed by atoms with Gasteiger partial charge >= 0.3 is 0 Å². The van der Waals surface area contributed by atoms with Gasteiger partial charge in [-0.3, -0.25) is 0 Å². The lowest BCUT2D eigenvalue weighted by Crippen LogP contribution is -2.33. The molecule has 0 aliphatic carbocycles. The quantitative estimate of drug-likeness (QED) is 0.740. The van der Waals surface area contributed by atoms with Gasteiger partial charge in [0.1, 0.15) is 0 Å². The highest BCUT2D eigenvalue weighted by Crippen LogP contribution is 2.25. The lowest BCUT2D eigenvalue weighted by molar-refractivity contribution is 0.0871. The average molecular weight is 209 g/mol. The minimum absolute atomic E-state index is 0.499. The van der Waals surface area contributed by atoms with Gasteiger partial charge in [-0.1, -0.05) is 18.2 Å². The minimum atomic E-state index is -0.499. The third kappa shape index (κ3) is 2.50. The smallest absolute Gasteiger partial charge is 0.0876 e. The van der Waals surface area contributed by atoms with Crippen molar-refractivity contribution >= 4 is 11.8 Å². The van der Waals surface area contributed by atoms with Gasteiger partial charge in [0, 0.05) is 17.2 Å². The normalized spacial score (nSPS) is 26.6. The molecule has 0 spiro atoms. The first-order chi connectivity index (χ1) is 6.79. The molecule has 1 heterocycles. The Morgan fingerprint density at radius 1 is 1.36 bits per heavy atom. The van der Waals surface area contributed by atoms with Crippen LogP contribution in [0.3, 0.4) is 0 Å². The molecule has 2 nitrogen and oxygen atoms in total. The zero-order valence-electron chi connectivity index (χ0n) is 8.07. The van der Waals surface area contributed by atoms with Crippen LogP contribution in [0.15, 0.2) is 35.2 Å². The SMILES string of the molecule is OC1(CSc2ccccc2)CCNC1. The summed E-state index contributed by atoms with van der Waals surface area (Å²) in [6.45, 7) is 1.67. The summed E-state index contributed by atoms with van der Waals surface area (Å²) in [6, 6.07) is 10.2. The van der Waals surface area contributed by atoms with E-state index in [0.29, 0.717) is 0 Å². The van der Waals surface area contributed by atoms with Gasteiger partial charge in [-0.2, -0.15) is 0 Å². The van der Waals surface area contributed by atoms with E-state index in [9.17, 15) is 5.11 Å². The molecule has 0 amide bonds. The molecule has 0 saturated carbocycles. The van der Waals surface area contributed by atoms with E-state index in [0.717, 1.165) is 25.3 Å². The van der Waals surface area contributed by atoms with Crippen molar-refractivity contribution in [1.82, 2.24) is 5.32 Å². The molecule has 0 radical (unpaired) electrons. The van der Waals surface area contributed by atoms with Crippen molar-refractivity contribution in [3.63, 3.8) is 0 Å². The van der Waals surface area contributed by atoms with Crippen molar-refractivity contribution in [3.8, 4) is 0 Å². The summed E-state index contributed by atoms with van der Waals surface area (Å²) in [5.74, 6) is 0.782. The third-order valence-electron chi connectivity index (χ3n) is 2.47. The van der Waals surface area contributed by atoms with Gasteiger partial charge in [0.05, 0.1) is 5.60 Å². The highest BCUT2D eigenvalue weighted by Gasteiger charge is 2.30. The van der Waals surface area contributed by atoms with Crippen LogP contribution in [0, 0.1) is 0 Å². The molecule has 1 atom stereocenters. The summed E-state index contributed by atoms with van der Waals surface area (Å²) >= 11 is 1.73. The molecule has 14 heavy (non-hydrogen) atoms. The number of hydrogen-bond acceptors (Lipinski definition) is 3. The highest BCUT2D eigenvalue weighted by atomic mass is 32.2. The Hall–Kier alpha value is -0.510. The second-order valence-corrected chi connectivity index (χ2v) is 4.80. The maximum atomic E-state index is 10.1. The Morgan fingerprint density at radius 3 is 2.79 bits per heavy atom. The van der Waals surface area contributed by atoms with E-state index >= 15 is 0 Å². The lowest BCUT2D eigenvalue weighted by Gasteiger charge is -2.20. The predicted molar refractivity (Wildman–Crippen MR) is 59.6 cm³/mol. The molecule has 1 aromatic carbocycles. The molecule has 76 valence electrons. The number of aliphatic hydroxyl groups is 1. The van der Waals surface area contributed by atoms with Gasteiger partial charge in [-0.15, -0.1) is 11.8 Å². The van der Waals surface area contributed by atoms with Crippen molar-refractivity contribution in [3.05, 3.63) is 30.3 Å². The zero-order chi connectivity index (χ0) is 9.86. The number of nitrogens with one attached hydrogen (secondary N) is 1. The van der Waals surface area contributed by atoms with Crippen LogP contribution in [0.25, 0.3) is 0 Å². The Morgan fingerprint density at radius 2 is 2.14 bits per heavy atom. The number of rotatable bonds is 3. The maximum Gasteiger partial charge on any atom is 0.0876 e. The molecular formula is C11H15NOS. The molecule has 1 aromatic rings. The fourth-order valence-electron chi connectivity index (χ4n) is 1.59. The van der Waals surface area contributed by atoms with E-state index in [1.807, 2.05) is 18.2 Å². The molecule has 2 rings (SSSR count). The second kappa shape index (κ2) is 4.34. The molecule has 0 aromatic heterocycles. The predicted octanol–water partition coefficient (Wildman–Crippen LogP) is 1.50. The summed E-state index contributed by atoms with van der Waals surface area (Å²) in [6.07, 6.45) is 0.868. The van der Waals surface area contributed by atoms with E-state index in [1.165, 1.54) is 4.90 Å². The van der Waals surface area contributed by atoms with Gasteiger partial charge in [0.15, 0.2) is 0 Å². The van der Waals surface area contributed by atoms with E-state index < -0.39 is 5.60 Å². The van der Waals surface area contributed by atoms with Gasteiger partial charge in [-0.25, -0.2) is 0 Å². The molecule has 3 heteroatoms. The van der Waals surface area contributed by atoms with Crippen molar-refractivity contribution in [2.45, 2.75) is 16.9 Å². The summed E-state index contributed by atoms with van der Waals surface area (Å²) in [4.78, 5) is 1.23. The highest BCUT2D eigenvalue weighted by molar-refractivity contribution is 7.99. The van der Waals surface area contributed by atoms with E-state index in [4.69, 9.17) is 0 Å². The largest absolute Gasteiger partial charge is 0.388 e. The number of thioether (sulfide) groups is 1. The van der Waals surface area contributed by atoms with Crippen LogP contribution in [-0.2, 0) is 0 Å². The maximum absolute atomic E-state index is 10.1. The van der Waals surface area contributed by atoms with Gasteiger partial charge < -0.3 is 10.4 Å². The summed E-state index contributed by atoms with van der Waals surface area (Å²) in [5, 5.41) is 13.3. The average Bonchev–Trinajstić information content (AvgIpc) is 2.65. The van der Waals surface area contributed by atoms with Crippen LogP contribution in [0.5, 0.6) is 0 Å². The standard InChI is InChI=1S/C11H15NOS/c13-11(6-7-12-8-11)9-14-10-4-2-1-3-5-10/h1-5,12-13H,6-9H2. The van der Waals surface area contributed by atoms with Crippen molar-refractivity contribution < 1.29 is 5.11 Å². The van der Waals surface area contributed by atoms with E-state index in [2.05, 4.69) is 17.4 Å². The molecule has 1 aliphatic heterocycles. The molecule has 1 saturated heterocycles. The molecule has 1 unspecified atom stereocenters. The minimum Gasteiger partial charge on any atom is -0.388 e. The lowest BCUT2D eigenvalue weighted by atomic mass is 10.1. The van der Waals surface area contributed by atoms with Crippen molar-refractivity contribution in [2.75, 3.05) is 18.8 Å². The van der Waals surface area contributed by atoms with Crippen LogP contribution in [0.4, 0.5) is 0 Å². The molecular weight excluding hydrogens is 194 g/mol.